The van der Waals surface area contributed by atoms with Gasteiger partial charge in [-0.05, 0) is 24.8 Å². The minimum Gasteiger partial charge on any atom is -0.422 e. The van der Waals surface area contributed by atoms with E-state index in [2.05, 4.69) is 0 Å². The van der Waals surface area contributed by atoms with Gasteiger partial charge in [-0.3, -0.25) is 9.59 Å². The minimum atomic E-state index is -1.13. The van der Waals surface area contributed by atoms with Gasteiger partial charge in [-0.25, -0.2) is 0 Å². The van der Waals surface area contributed by atoms with Gasteiger partial charge in [0.15, 0.2) is 5.92 Å². The van der Waals surface area contributed by atoms with Gasteiger partial charge in [-0.15, -0.1) is 0 Å². The highest BCUT2D eigenvalue weighted by Gasteiger charge is 2.42. The molecule has 0 amide bonds. The topological polar surface area (TPSA) is 52.6 Å². The number of benzene rings is 1. The number of carbonyl (C=O) groups is 2. The van der Waals surface area contributed by atoms with Crippen LogP contribution in [0.1, 0.15) is 32.3 Å². The Bertz CT molecular complexity index is 444. The summed E-state index contributed by atoms with van der Waals surface area (Å²) in [7, 11) is 0. The Balaban J connectivity index is 1.86. The zero-order valence-corrected chi connectivity index (χ0v) is 11.2. The normalized spacial score (nSPS) is 18.8. The third-order valence-corrected chi connectivity index (χ3v) is 3.06. The molecular weight excluding hydrogens is 244 g/mol. The Morgan fingerprint density at radius 1 is 1.05 bits per heavy atom. The lowest BCUT2D eigenvalue weighted by Crippen LogP contribution is -2.46. The monoisotopic (exact) mass is 262 g/mol. The molecule has 1 aromatic rings. The van der Waals surface area contributed by atoms with Crippen LogP contribution in [0.2, 0.25) is 0 Å². The number of ether oxygens (including phenoxy) is 2. The van der Waals surface area contributed by atoms with Gasteiger partial charge in [-0.2, -0.15) is 0 Å². The van der Waals surface area contributed by atoms with E-state index in [0.717, 1.165) is 12.8 Å². The summed E-state index contributed by atoms with van der Waals surface area (Å²) in [6.45, 7) is 3.12. The molecule has 102 valence electrons. The van der Waals surface area contributed by atoms with Crippen LogP contribution in [-0.4, -0.2) is 17.7 Å². The first-order valence-corrected chi connectivity index (χ1v) is 6.47. The van der Waals surface area contributed by atoms with Gasteiger partial charge in [0, 0.05) is 13.8 Å². The van der Waals surface area contributed by atoms with Gasteiger partial charge >= 0.3 is 11.9 Å². The van der Waals surface area contributed by atoms with Crippen LogP contribution in [0.4, 0.5) is 0 Å². The lowest BCUT2D eigenvalue weighted by Gasteiger charge is -2.32. The second kappa shape index (κ2) is 5.43. The second-order valence-electron chi connectivity index (χ2n) is 5.17. The van der Waals surface area contributed by atoms with Crippen molar-refractivity contribution in [2.45, 2.75) is 38.9 Å². The van der Waals surface area contributed by atoms with Crippen LogP contribution in [0.5, 0.6) is 0 Å². The molecule has 4 nitrogen and oxygen atoms in total. The number of carbonyl (C=O) groups excluding carboxylic acids is 2. The molecule has 0 N–H and O–H groups in total. The van der Waals surface area contributed by atoms with Crippen molar-refractivity contribution in [1.82, 2.24) is 0 Å². The molecule has 1 aliphatic rings. The highest BCUT2D eigenvalue weighted by atomic mass is 16.7. The maximum atomic E-state index is 11.7. The molecule has 2 rings (SSSR count). The molecule has 0 radical (unpaired) electrons. The molecule has 0 unspecified atom stereocenters. The van der Waals surface area contributed by atoms with E-state index in [4.69, 9.17) is 9.47 Å². The molecule has 0 saturated carbocycles. The van der Waals surface area contributed by atoms with Crippen molar-refractivity contribution in [3.8, 4) is 0 Å². The van der Waals surface area contributed by atoms with E-state index in [0.29, 0.717) is 6.42 Å². The highest BCUT2D eigenvalue weighted by molar-refractivity contribution is 5.96. The van der Waals surface area contributed by atoms with Gasteiger partial charge in [0.05, 0.1) is 0 Å². The molecule has 0 atom stereocenters. The second-order valence-corrected chi connectivity index (χ2v) is 5.17. The Morgan fingerprint density at radius 2 is 1.63 bits per heavy atom. The maximum absolute atomic E-state index is 11.7. The largest absolute Gasteiger partial charge is 0.422 e. The van der Waals surface area contributed by atoms with E-state index in [-0.39, 0.29) is 0 Å². The van der Waals surface area contributed by atoms with E-state index >= 15 is 0 Å². The molecule has 0 aromatic heterocycles. The van der Waals surface area contributed by atoms with Crippen molar-refractivity contribution in [1.29, 1.82) is 0 Å². The number of aryl methyl sites for hydroxylation is 1. The van der Waals surface area contributed by atoms with Crippen molar-refractivity contribution in [2.24, 2.45) is 5.92 Å². The summed E-state index contributed by atoms with van der Waals surface area (Å²) in [5.74, 6) is -2.87. The number of hydrogen-bond acceptors (Lipinski definition) is 4. The maximum Gasteiger partial charge on any atom is 0.323 e. The van der Waals surface area contributed by atoms with Crippen molar-refractivity contribution in [3.05, 3.63) is 35.9 Å². The zero-order chi connectivity index (χ0) is 13.9. The Kier molecular flexibility index (Phi) is 3.88. The first-order chi connectivity index (χ1) is 8.98. The molecule has 1 aliphatic heterocycles. The van der Waals surface area contributed by atoms with E-state index in [1.165, 1.54) is 5.56 Å². The van der Waals surface area contributed by atoms with E-state index in [1.807, 2.05) is 30.3 Å². The van der Waals surface area contributed by atoms with Crippen LogP contribution in [0.3, 0.4) is 0 Å². The number of cyclic esters (lactones) is 2. The van der Waals surface area contributed by atoms with Gasteiger partial charge in [0.1, 0.15) is 0 Å². The van der Waals surface area contributed by atoms with Crippen LogP contribution >= 0.6 is 0 Å². The van der Waals surface area contributed by atoms with Crippen LogP contribution < -0.4 is 0 Å². The van der Waals surface area contributed by atoms with Gasteiger partial charge in [0.25, 0.3) is 5.79 Å². The molecule has 19 heavy (non-hydrogen) atoms. The quantitative estimate of drug-likeness (QED) is 0.618. The SMILES string of the molecule is CC1(C)OC(=O)C(CCCc2ccccc2)C(=O)O1. The van der Waals surface area contributed by atoms with Gasteiger partial charge in [0.2, 0.25) is 0 Å². The fourth-order valence-corrected chi connectivity index (χ4v) is 2.13. The summed E-state index contributed by atoms with van der Waals surface area (Å²) in [6.07, 6.45) is 2.04. The van der Waals surface area contributed by atoms with Crippen molar-refractivity contribution < 1.29 is 19.1 Å². The molecule has 1 heterocycles. The summed E-state index contributed by atoms with van der Waals surface area (Å²) in [6, 6.07) is 9.96. The Labute approximate surface area is 112 Å². The smallest absolute Gasteiger partial charge is 0.323 e. The molecule has 4 heteroatoms. The number of hydrogen-bond donors (Lipinski definition) is 0. The molecule has 1 aromatic carbocycles. The summed E-state index contributed by atoms with van der Waals surface area (Å²) in [4.78, 5) is 23.5. The lowest BCUT2D eigenvalue weighted by molar-refractivity contribution is -0.240. The first kappa shape index (κ1) is 13.6. The predicted molar refractivity (Wildman–Crippen MR) is 69.1 cm³/mol. The van der Waals surface area contributed by atoms with E-state index < -0.39 is 23.6 Å². The molecule has 0 bridgehead atoms. The zero-order valence-electron chi connectivity index (χ0n) is 11.2. The fourth-order valence-electron chi connectivity index (χ4n) is 2.13. The third kappa shape index (κ3) is 3.56. The summed E-state index contributed by atoms with van der Waals surface area (Å²) < 4.78 is 10.2. The highest BCUT2D eigenvalue weighted by Crippen LogP contribution is 2.26. The van der Waals surface area contributed by atoms with Crippen LogP contribution in [0.15, 0.2) is 30.3 Å². The van der Waals surface area contributed by atoms with E-state index in [1.54, 1.807) is 13.8 Å². The standard InChI is InChI=1S/C15H18O4/c1-15(2)18-13(16)12(14(17)19-15)10-6-9-11-7-4-3-5-8-11/h3-5,7-8,12H,6,9-10H2,1-2H3. The van der Waals surface area contributed by atoms with Gasteiger partial charge < -0.3 is 9.47 Å². The Hall–Kier alpha value is -1.84. The number of esters is 2. The van der Waals surface area contributed by atoms with Crippen molar-refractivity contribution in [3.63, 3.8) is 0 Å². The average Bonchev–Trinajstić information content (AvgIpc) is 2.32. The van der Waals surface area contributed by atoms with Gasteiger partial charge in [-0.1, -0.05) is 30.3 Å². The molecule has 1 fully saturated rings. The lowest BCUT2D eigenvalue weighted by atomic mass is 9.98. The first-order valence-electron chi connectivity index (χ1n) is 6.47. The molecule has 1 saturated heterocycles. The summed E-state index contributed by atoms with van der Waals surface area (Å²) in [5.41, 5.74) is 1.19. The molecule has 0 spiro atoms. The fraction of sp³-hybridized carbons (Fsp3) is 0.467. The third-order valence-electron chi connectivity index (χ3n) is 3.06. The Morgan fingerprint density at radius 3 is 2.21 bits per heavy atom. The average molecular weight is 262 g/mol. The van der Waals surface area contributed by atoms with Crippen molar-refractivity contribution >= 4 is 11.9 Å². The number of rotatable bonds is 4. The molecular formula is C15H18O4. The summed E-state index contributed by atoms with van der Waals surface area (Å²) in [5, 5.41) is 0. The predicted octanol–water partition coefficient (Wildman–Crippen LogP) is 2.46. The summed E-state index contributed by atoms with van der Waals surface area (Å²) >= 11 is 0. The molecule has 0 aliphatic carbocycles. The van der Waals surface area contributed by atoms with Crippen molar-refractivity contribution in [2.75, 3.05) is 0 Å². The minimum absolute atomic E-state index is 0.461. The van der Waals surface area contributed by atoms with E-state index in [9.17, 15) is 9.59 Å². The van der Waals surface area contributed by atoms with Crippen LogP contribution in [-0.2, 0) is 25.5 Å². The van der Waals surface area contributed by atoms with Crippen LogP contribution in [0, 0.1) is 5.92 Å². The van der Waals surface area contributed by atoms with Crippen LogP contribution in [0.25, 0.3) is 0 Å².